The van der Waals surface area contributed by atoms with Gasteiger partial charge in [-0.15, -0.1) is 71.8 Å². The second-order valence-corrected chi connectivity index (χ2v) is 10.7. The van der Waals surface area contributed by atoms with Crippen LogP contribution in [0.2, 0.25) is 0 Å². The number of nitrogens with zero attached hydrogens (tertiary/aromatic N) is 2. The molecule has 1 radical (unpaired) electrons. The Labute approximate surface area is 269 Å². The van der Waals surface area contributed by atoms with Crippen LogP contribution in [0.3, 0.4) is 0 Å². The van der Waals surface area contributed by atoms with Crippen LogP contribution in [0, 0.1) is 12.1 Å². The molecule has 4 aliphatic carbocycles. The topological polar surface area (TPSA) is 25.8 Å². The van der Waals surface area contributed by atoms with Crippen LogP contribution >= 0.6 is 0 Å². The molecule has 0 amide bonds. The van der Waals surface area contributed by atoms with Crippen molar-refractivity contribution in [3.8, 4) is 33.6 Å². The minimum absolute atomic E-state index is 0. The Morgan fingerprint density at radius 3 is 1.79 bits per heavy atom. The summed E-state index contributed by atoms with van der Waals surface area (Å²) in [5, 5.41) is 0. The smallest absolute Gasteiger partial charge is 0.0166 e. The van der Waals surface area contributed by atoms with E-state index in [-0.39, 0.29) is 20.1 Å². The van der Waals surface area contributed by atoms with E-state index in [0.717, 1.165) is 41.8 Å². The number of aryl methyl sites for hydroxylation is 4. The molecule has 0 aliphatic heterocycles. The van der Waals surface area contributed by atoms with Gasteiger partial charge in [-0.25, -0.2) is 0 Å². The van der Waals surface area contributed by atoms with E-state index in [9.17, 15) is 0 Å². The number of benzene rings is 4. The third kappa shape index (κ3) is 8.23. The third-order valence-electron chi connectivity index (χ3n) is 7.77. The van der Waals surface area contributed by atoms with Crippen molar-refractivity contribution in [3.63, 3.8) is 0 Å². The molecule has 3 heteroatoms. The van der Waals surface area contributed by atoms with Crippen LogP contribution in [0.1, 0.15) is 35.1 Å². The van der Waals surface area contributed by atoms with Gasteiger partial charge in [-0.2, -0.15) is 0 Å². The number of hydrogen-bond acceptors (Lipinski definition) is 2. The fourth-order valence-electron chi connectivity index (χ4n) is 5.45. The molecule has 0 saturated heterocycles. The molecule has 4 bridgehead atoms. The maximum atomic E-state index is 4.61. The second kappa shape index (κ2) is 15.3. The van der Waals surface area contributed by atoms with E-state index < -0.39 is 0 Å². The fraction of sp³-hybridized carbons (Fsp3) is 0.150. The maximum absolute atomic E-state index is 4.61. The first kappa shape index (κ1) is 30.3. The molecule has 4 aliphatic rings. The molecule has 0 N–H and O–H groups in total. The van der Waals surface area contributed by atoms with Gasteiger partial charge in [-0.3, -0.25) is 0 Å². The van der Waals surface area contributed by atoms with Gasteiger partial charge in [0, 0.05) is 32.5 Å². The van der Waals surface area contributed by atoms with Gasteiger partial charge in [0.05, 0.1) is 0 Å². The van der Waals surface area contributed by atoms with E-state index in [4.69, 9.17) is 0 Å². The molecule has 2 aromatic heterocycles. The van der Waals surface area contributed by atoms with E-state index in [0.29, 0.717) is 0 Å². The molecule has 2 heterocycles. The van der Waals surface area contributed by atoms with E-state index in [1.54, 1.807) is 6.20 Å². The SMILES string of the molecule is [Ir].[c-]1ccccc1-c1cc(-c2cc3ccc2CCc2ccc(cc2)CCCC3)ccn1.[c-]1ccccc1-c1ccccn1. The summed E-state index contributed by atoms with van der Waals surface area (Å²) in [5.74, 6) is 0. The zero-order valence-corrected chi connectivity index (χ0v) is 26.6. The number of hydrogen-bond donors (Lipinski definition) is 0. The molecule has 2 nitrogen and oxygen atoms in total. The van der Waals surface area contributed by atoms with Gasteiger partial charge in [0.2, 0.25) is 0 Å². The number of aromatic nitrogens is 2. The summed E-state index contributed by atoms with van der Waals surface area (Å²) in [7, 11) is 0. The summed E-state index contributed by atoms with van der Waals surface area (Å²) >= 11 is 0. The zero-order valence-electron chi connectivity index (χ0n) is 24.2. The quantitative estimate of drug-likeness (QED) is 0.170. The van der Waals surface area contributed by atoms with Crippen LogP contribution in [0.4, 0.5) is 0 Å². The summed E-state index contributed by atoms with van der Waals surface area (Å²) in [6.45, 7) is 0. The van der Waals surface area contributed by atoms with Crippen molar-refractivity contribution < 1.29 is 20.1 Å². The fourth-order valence-corrected chi connectivity index (χ4v) is 5.45. The zero-order chi connectivity index (χ0) is 28.4. The van der Waals surface area contributed by atoms with Gasteiger partial charge in [-0.1, -0.05) is 60.7 Å². The van der Waals surface area contributed by atoms with E-state index >= 15 is 0 Å². The van der Waals surface area contributed by atoms with Crippen LogP contribution in [0.15, 0.2) is 134 Å². The minimum Gasteiger partial charge on any atom is -0.305 e. The van der Waals surface area contributed by atoms with Crippen molar-refractivity contribution in [3.05, 3.63) is 168 Å². The second-order valence-electron chi connectivity index (χ2n) is 10.7. The molecule has 0 fully saturated rings. The number of rotatable bonds is 3. The Morgan fingerprint density at radius 2 is 1.12 bits per heavy atom. The first-order valence-corrected chi connectivity index (χ1v) is 14.8. The molecule has 0 saturated carbocycles. The van der Waals surface area contributed by atoms with E-state index in [2.05, 4.69) is 82.8 Å². The predicted octanol–water partition coefficient (Wildman–Crippen LogP) is 9.43. The third-order valence-corrected chi connectivity index (χ3v) is 7.77. The van der Waals surface area contributed by atoms with Crippen LogP contribution in [0.5, 0.6) is 0 Å². The molecule has 43 heavy (non-hydrogen) atoms. The summed E-state index contributed by atoms with van der Waals surface area (Å²) in [4.78, 5) is 8.82. The molecule has 0 unspecified atom stereocenters. The van der Waals surface area contributed by atoms with Crippen LogP contribution in [0.25, 0.3) is 33.6 Å². The first-order chi connectivity index (χ1) is 20.8. The summed E-state index contributed by atoms with van der Waals surface area (Å²) < 4.78 is 0. The Morgan fingerprint density at radius 1 is 0.488 bits per heavy atom. The summed E-state index contributed by atoms with van der Waals surface area (Å²) in [6.07, 6.45) is 10.6. The van der Waals surface area contributed by atoms with Crippen LogP contribution in [-0.2, 0) is 45.8 Å². The molecular weight excluding hydrogens is 701 g/mol. The van der Waals surface area contributed by atoms with Crippen molar-refractivity contribution in [2.75, 3.05) is 0 Å². The van der Waals surface area contributed by atoms with Gasteiger partial charge in [0.15, 0.2) is 0 Å². The predicted molar refractivity (Wildman–Crippen MR) is 173 cm³/mol. The van der Waals surface area contributed by atoms with Gasteiger partial charge < -0.3 is 9.97 Å². The Balaban J connectivity index is 0.000000238. The Hall–Kier alpha value is -4.17. The monoisotopic (exact) mass is 735 g/mol. The average Bonchev–Trinajstić information content (AvgIpc) is 3.08. The van der Waals surface area contributed by atoms with Crippen molar-refractivity contribution in [1.82, 2.24) is 9.97 Å². The van der Waals surface area contributed by atoms with Crippen molar-refractivity contribution >= 4 is 0 Å². The van der Waals surface area contributed by atoms with Crippen LogP contribution < -0.4 is 0 Å². The minimum atomic E-state index is 0. The summed E-state index contributed by atoms with van der Waals surface area (Å²) in [6, 6.07) is 48.9. The van der Waals surface area contributed by atoms with Gasteiger partial charge in [0.25, 0.3) is 0 Å². The standard InChI is InChI=1S/C29H26N.C11H8N.Ir/c1-2-8-26(9-3-1)29-21-27(18-19-30-29)28-20-24-7-5-4-6-22-10-12-23(13-11-22)14-16-25(28)17-15-24;1-2-6-10(7-3-1)11-8-4-5-9-12-11;/h1-3,8,10-13,15,17-21H,4-7,14,16H2;1-6,8-9H;/q2*-1;. The molecule has 6 aromatic rings. The largest absolute Gasteiger partial charge is 0.305 e. The molecular formula is C40H34IrN2-2. The van der Waals surface area contributed by atoms with Gasteiger partial charge >= 0.3 is 0 Å². The maximum Gasteiger partial charge on any atom is 0.0166 e. The molecule has 0 atom stereocenters. The molecule has 10 rings (SSSR count). The Kier molecular flexibility index (Phi) is 10.8. The van der Waals surface area contributed by atoms with Crippen molar-refractivity contribution in [2.45, 2.75) is 38.5 Å². The van der Waals surface area contributed by atoms with E-state index in [1.807, 2.05) is 66.9 Å². The van der Waals surface area contributed by atoms with Gasteiger partial charge in [-0.05, 0) is 95.4 Å². The number of pyridine rings is 2. The normalized spacial score (nSPS) is 12.4. The van der Waals surface area contributed by atoms with Crippen molar-refractivity contribution in [1.29, 1.82) is 0 Å². The Bertz CT molecular complexity index is 1660. The summed E-state index contributed by atoms with van der Waals surface area (Å²) in [5.41, 5.74) is 12.4. The average molecular weight is 735 g/mol. The molecule has 0 spiro atoms. The van der Waals surface area contributed by atoms with Crippen LogP contribution in [-0.4, -0.2) is 9.97 Å². The molecule has 4 aromatic carbocycles. The molecule has 215 valence electrons. The van der Waals surface area contributed by atoms with E-state index in [1.165, 1.54) is 52.6 Å². The van der Waals surface area contributed by atoms with Crippen molar-refractivity contribution in [2.24, 2.45) is 0 Å². The van der Waals surface area contributed by atoms with Gasteiger partial charge in [0.1, 0.15) is 0 Å². The first-order valence-electron chi connectivity index (χ1n) is 14.8.